The predicted molar refractivity (Wildman–Crippen MR) is 228 cm³/mol. The summed E-state index contributed by atoms with van der Waals surface area (Å²) in [5.74, 6) is 1.76. The Balaban J connectivity index is 1.51. The van der Waals surface area contributed by atoms with Crippen molar-refractivity contribution in [1.29, 1.82) is 0 Å². The number of para-hydroxylation sites is 3. The largest absolute Gasteiger partial charge is 0.507 e. The number of imidazole rings is 1. The summed E-state index contributed by atoms with van der Waals surface area (Å²) < 4.78 is 2.16. The summed E-state index contributed by atoms with van der Waals surface area (Å²) in [6, 6.07) is 40.5. The van der Waals surface area contributed by atoms with E-state index in [4.69, 9.17) is 9.97 Å². The SMILES string of the molecule is CC(C)c1cc(-c2ccnc(-c3cc(-c4cccc5c4nc(-c4ccccc4O)n5-c4ccccc4)c(C(C)(C)C)cc3C(C)(C)C)c2)cc(C(C)C)c1. The molecule has 0 fully saturated rings. The van der Waals surface area contributed by atoms with Crippen LogP contribution in [0.4, 0.5) is 0 Å². The second-order valence-corrected chi connectivity index (χ2v) is 17.4. The van der Waals surface area contributed by atoms with Crippen LogP contribution >= 0.6 is 0 Å². The molecule has 0 amide bonds. The van der Waals surface area contributed by atoms with Crippen LogP contribution in [0, 0.1) is 0 Å². The van der Waals surface area contributed by atoms with E-state index in [1.54, 1.807) is 6.07 Å². The third-order valence-corrected chi connectivity index (χ3v) is 10.6. The van der Waals surface area contributed by atoms with E-state index >= 15 is 0 Å². The smallest absolute Gasteiger partial charge is 0.149 e. The van der Waals surface area contributed by atoms with Gasteiger partial charge in [-0.25, -0.2) is 4.98 Å². The first kappa shape index (κ1) is 36.9. The van der Waals surface area contributed by atoms with Crippen molar-refractivity contribution in [2.24, 2.45) is 0 Å². The highest BCUT2D eigenvalue weighted by molar-refractivity contribution is 5.98. The van der Waals surface area contributed by atoms with Crippen LogP contribution in [-0.4, -0.2) is 19.6 Å². The van der Waals surface area contributed by atoms with Gasteiger partial charge in [0.1, 0.15) is 11.6 Å². The first-order chi connectivity index (χ1) is 25.6. The van der Waals surface area contributed by atoms with Gasteiger partial charge in [0.15, 0.2) is 0 Å². The lowest BCUT2D eigenvalue weighted by molar-refractivity contribution is 0.477. The summed E-state index contributed by atoms with van der Waals surface area (Å²) >= 11 is 0. The third-order valence-electron chi connectivity index (χ3n) is 10.6. The first-order valence-corrected chi connectivity index (χ1v) is 19.3. The molecule has 0 saturated carbocycles. The number of phenolic OH excluding ortho intramolecular Hbond substituents is 1. The van der Waals surface area contributed by atoms with Crippen LogP contribution in [0.15, 0.2) is 121 Å². The number of pyridine rings is 1. The Labute approximate surface area is 321 Å². The van der Waals surface area contributed by atoms with Crippen molar-refractivity contribution >= 4 is 11.0 Å². The second-order valence-electron chi connectivity index (χ2n) is 17.4. The maximum atomic E-state index is 11.1. The van der Waals surface area contributed by atoms with Gasteiger partial charge in [-0.1, -0.05) is 136 Å². The summed E-state index contributed by atoms with van der Waals surface area (Å²) in [7, 11) is 0. The Morgan fingerprint density at radius 2 is 1.17 bits per heavy atom. The summed E-state index contributed by atoms with van der Waals surface area (Å²) in [6.45, 7) is 22.8. The van der Waals surface area contributed by atoms with Crippen molar-refractivity contribution < 1.29 is 5.11 Å². The molecule has 0 unspecified atom stereocenters. The highest BCUT2D eigenvalue weighted by Gasteiger charge is 2.29. The lowest BCUT2D eigenvalue weighted by atomic mass is 9.74. The second kappa shape index (κ2) is 14.1. The van der Waals surface area contributed by atoms with Gasteiger partial charge in [0.2, 0.25) is 0 Å². The van der Waals surface area contributed by atoms with E-state index in [2.05, 4.69) is 147 Å². The van der Waals surface area contributed by atoms with E-state index in [0.29, 0.717) is 23.2 Å². The minimum absolute atomic E-state index is 0.146. The molecule has 5 aromatic carbocycles. The zero-order valence-electron chi connectivity index (χ0n) is 33.5. The summed E-state index contributed by atoms with van der Waals surface area (Å²) in [4.78, 5) is 10.5. The highest BCUT2D eigenvalue weighted by atomic mass is 16.3. The van der Waals surface area contributed by atoms with Gasteiger partial charge >= 0.3 is 0 Å². The van der Waals surface area contributed by atoms with Crippen molar-refractivity contribution in [2.75, 3.05) is 0 Å². The molecule has 1 N–H and O–H groups in total. The third kappa shape index (κ3) is 6.98. The van der Waals surface area contributed by atoms with Crippen LogP contribution in [0.2, 0.25) is 0 Å². The lowest BCUT2D eigenvalue weighted by Crippen LogP contribution is -2.19. The zero-order valence-corrected chi connectivity index (χ0v) is 33.5. The van der Waals surface area contributed by atoms with Crippen LogP contribution in [0.1, 0.15) is 103 Å². The standard InChI is InChI=1S/C50H53N3O/c1-31(2)34-25-35(32(3)4)27-36(26-34)33-23-24-51-44(28-33)41-29-40(42(49(5,6)7)30-43(41)50(8,9)10)38-20-16-21-45-47(38)52-48(39-19-14-15-22-46(39)54)53(45)37-17-12-11-13-18-37/h11-32,54H,1-10H3. The topological polar surface area (TPSA) is 50.9 Å². The van der Waals surface area contributed by atoms with Gasteiger partial charge in [0.05, 0.1) is 22.3 Å². The van der Waals surface area contributed by atoms with Crippen LogP contribution in [0.25, 0.3) is 61.6 Å². The van der Waals surface area contributed by atoms with Crippen LogP contribution < -0.4 is 0 Å². The number of aromatic hydroxyl groups is 1. The lowest BCUT2D eigenvalue weighted by Gasteiger charge is -2.30. The van der Waals surface area contributed by atoms with E-state index in [1.165, 1.54) is 33.4 Å². The molecular weight excluding hydrogens is 659 g/mol. The van der Waals surface area contributed by atoms with Gasteiger partial charge in [-0.2, -0.15) is 0 Å². The number of rotatable bonds is 7. The number of phenols is 1. The highest BCUT2D eigenvalue weighted by Crippen LogP contribution is 2.45. The Bertz CT molecular complexity index is 2450. The van der Waals surface area contributed by atoms with Crippen molar-refractivity contribution in [2.45, 2.75) is 91.9 Å². The fraction of sp³-hybridized carbons (Fsp3) is 0.280. The molecular formula is C50H53N3O. The van der Waals surface area contributed by atoms with Crippen LogP contribution in [-0.2, 0) is 10.8 Å². The van der Waals surface area contributed by atoms with Crippen molar-refractivity contribution in [3.8, 4) is 56.3 Å². The molecule has 0 atom stereocenters. The summed E-state index contributed by atoms with van der Waals surface area (Å²) in [6.07, 6.45) is 1.96. The van der Waals surface area contributed by atoms with Crippen LogP contribution in [0.5, 0.6) is 5.75 Å². The van der Waals surface area contributed by atoms with Crippen molar-refractivity contribution in [3.63, 3.8) is 0 Å². The van der Waals surface area contributed by atoms with E-state index in [1.807, 2.05) is 42.6 Å². The average molecular weight is 712 g/mol. The molecule has 0 bridgehead atoms. The number of benzene rings is 5. The molecule has 0 aliphatic rings. The Morgan fingerprint density at radius 1 is 0.556 bits per heavy atom. The minimum atomic E-state index is -0.168. The Morgan fingerprint density at radius 3 is 1.80 bits per heavy atom. The predicted octanol–water partition coefficient (Wildman–Crippen LogP) is 13.6. The van der Waals surface area contributed by atoms with Crippen LogP contribution in [0.3, 0.4) is 0 Å². The maximum absolute atomic E-state index is 11.1. The average Bonchev–Trinajstić information content (AvgIpc) is 3.53. The van der Waals surface area contributed by atoms with Gasteiger partial charge in [-0.3, -0.25) is 9.55 Å². The molecule has 0 saturated heterocycles. The quantitative estimate of drug-likeness (QED) is 0.179. The molecule has 2 aromatic heterocycles. The molecule has 7 aromatic rings. The number of aromatic nitrogens is 3. The van der Waals surface area contributed by atoms with Gasteiger partial charge in [0, 0.05) is 23.0 Å². The number of hydrogen-bond donors (Lipinski definition) is 1. The molecule has 0 aliphatic carbocycles. The van der Waals surface area contributed by atoms with Gasteiger partial charge < -0.3 is 5.11 Å². The molecule has 7 rings (SSSR count). The number of hydrogen-bond acceptors (Lipinski definition) is 3. The van der Waals surface area contributed by atoms with Crippen molar-refractivity contribution in [1.82, 2.24) is 14.5 Å². The van der Waals surface area contributed by atoms with Crippen molar-refractivity contribution in [3.05, 3.63) is 144 Å². The molecule has 0 radical (unpaired) electrons. The minimum Gasteiger partial charge on any atom is -0.507 e. The maximum Gasteiger partial charge on any atom is 0.149 e. The molecule has 4 heteroatoms. The summed E-state index contributed by atoms with van der Waals surface area (Å²) in [5.41, 5.74) is 15.1. The van der Waals surface area contributed by atoms with E-state index in [9.17, 15) is 5.11 Å². The molecule has 54 heavy (non-hydrogen) atoms. The monoisotopic (exact) mass is 711 g/mol. The van der Waals surface area contributed by atoms with Gasteiger partial charge in [0.25, 0.3) is 0 Å². The Hall–Kier alpha value is -5.48. The first-order valence-electron chi connectivity index (χ1n) is 19.3. The Kier molecular flexibility index (Phi) is 9.60. The van der Waals surface area contributed by atoms with Gasteiger partial charge in [-0.05, 0) is 110 Å². The fourth-order valence-electron chi connectivity index (χ4n) is 7.54. The molecule has 2 heterocycles. The normalized spacial score (nSPS) is 12.3. The van der Waals surface area contributed by atoms with E-state index in [0.717, 1.165) is 39.1 Å². The molecule has 0 aliphatic heterocycles. The number of fused-ring (bicyclic) bond motifs is 1. The molecule has 274 valence electrons. The van der Waals surface area contributed by atoms with E-state index in [-0.39, 0.29) is 16.6 Å². The van der Waals surface area contributed by atoms with E-state index < -0.39 is 0 Å². The fourth-order valence-corrected chi connectivity index (χ4v) is 7.54. The zero-order chi connectivity index (χ0) is 38.5. The number of nitrogens with zero attached hydrogens (tertiary/aromatic N) is 3. The summed E-state index contributed by atoms with van der Waals surface area (Å²) in [5, 5.41) is 11.1. The van der Waals surface area contributed by atoms with Gasteiger partial charge in [-0.15, -0.1) is 0 Å². The molecule has 0 spiro atoms. The molecule has 4 nitrogen and oxygen atoms in total.